The van der Waals surface area contributed by atoms with Gasteiger partial charge in [-0.1, -0.05) is 32.0 Å². The highest BCUT2D eigenvalue weighted by molar-refractivity contribution is 5.91. The highest BCUT2D eigenvalue weighted by Gasteiger charge is 2.09. The predicted molar refractivity (Wildman–Crippen MR) is 83.2 cm³/mol. The fraction of sp³-hybridized carbons (Fsp3) is 0.500. The van der Waals surface area contributed by atoms with Crippen molar-refractivity contribution in [3.8, 4) is 0 Å². The molecule has 5 nitrogen and oxygen atoms in total. The lowest BCUT2D eigenvalue weighted by atomic mass is 10.1. The van der Waals surface area contributed by atoms with Crippen LogP contribution in [0.25, 0.3) is 0 Å². The maximum atomic E-state index is 11.9. The Morgan fingerprint density at radius 3 is 2.43 bits per heavy atom. The van der Waals surface area contributed by atoms with Gasteiger partial charge in [-0.05, 0) is 31.1 Å². The van der Waals surface area contributed by atoms with Gasteiger partial charge in [-0.3, -0.25) is 14.5 Å². The van der Waals surface area contributed by atoms with Crippen molar-refractivity contribution in [1.82, 2.24) is 4.90 Å². The van der Waals surface area contributed by atoms with E-state index in [1.54, 1.807) is 0 Å². The van der Waals surface area contributed by atoms with Crippen molar-refractivity contribution in [1.29, 1.82) is 0 Å². The number of hydrogen-bond donors (Lipinski definition) is 2. The SMILES string of the molecule is CCN(CC)Cc1ccccc1NC(=O)CCCC(=O)O. The fourth-order valence-electron chi connectivity index (χ4n) is 2.08. The number of benzene rings is 1. The maximum absolute atomic E-state index is 11.9. The molecule has 0 aliphatic rings. The number of carboxylic acids is 1. The molecular weight excluding hydrogens is 268 g/mol. The lowest BCUT2D eigenvalue weighted by Gasteiger charge is -2.20. The van der Waals surface area contributed by atoms with E-state index in [1.165, 1.54) is 0 Å². The van der Waals surface area contributed by atoms with Gasteiger partial charge in [0.2, 0.25) is 5.91 Å². The molecule has 0 saturated heterocycles. The minimum absolute atomic E-state index is 0.0223. The van der Waals surface area contributed by atoms with Gasteiger partial charge in [0.15, 0.2) is 0 Å². The third-order valence-corrected chi connectivity index (χ3v) is 3.37. The van der Waals surface area contributed by atoms with Gasteiger partial charge in [0.25, 0.3) is 0 Å². The Bertz CT molecular complexity index is 470. The molecule has 1 rings (SSSR count). The van der Waals surface area contributed by atoms with Crippen LogP contribution in [-0.2, 0) is 16.1 Å². The van der Waals surface area contributed by atoms with Gasteiger partial charge in [0.05, 0.1) is 0 Å². The summed E-state index contributed by atoms with van der Waals surface area (Å²) in [4.78, 5) is 24.6. The summed E-state index contributed by atoms with van der Waals surface area (Å²) in [5, 5.41) is 11.5. The van der Waals surface area contributed by atoms with E-state index >= 15 is 0 Å². The number of nitrogens with one attached hydrogen (secondary N) is 1. The minimum atomic E-state index is -0.871. The third kappa shape index (κ3) is 6.40. The monoisotopic (exact) mass is 292 g/mol. The number of anilines is 1. The summed E-state index contributed by atoms with van der Waals surface area (Å²) in [6.45, 7) is 6.92. The van der Waals surface area contributed by atoms with Crippen molar-refractivity contribution in [2.45, 2.75) is 39.7 Å². The van der Waals surface area contributed by atoms with Crippen molar-refractivity contribution < 1.29 is 14.7 Å². The Morgan fingerprint density at radius 2 is 1.81 bits per heavy atom. The molecule has 0 aliphatic carbocycles. The van der Waals surface area contributed by atoms with Crippen molar-refractivity contribution in [2.24, 2.45) is 0 Å². The van der Waals surface area contributed by atoms with Crippen LogP contribution in [0, 0.1) is 0 Å². The van der Waals surface area contributed by atoms with Crippen LogP contribution in [-0.4, -0.2) is 35.0 Å². The first-order valence-electron chi connectivity index (χ1n) is 7.38. The zero-order chi connectivity index (χ0) is 15.7. The normalized spacial score (nSPS) is 10.6. The number of para-hydroxylation sites is 1. The van der Waals surface area contributed by atoms with E-state index < -0.39 is 5.97 Å². The number of carbonyl (C=O) groups excluding carboxylic acids is 1. The van der Waals surface area contributed by atoms with Gasteiger partial charge in [-0.25, -0.2) is 0 Å². The second-order valence-corrected chi connectivity index (χ2v) is 4.91. The number of carbonyl (C=O) groups is 2. The van der Waals surface area contributed by atoms with Crippen LogP contribution in [0.1, 0.15) is 38.7 Å². The number of nitrogens with zero attached hydrogens (tertiary/aromatic N) is 1. The molecule has 1 aromatic rings. The van der Waals surface area contributed by atoms with Crippen LogP contribution >= 0.6 is 0 Å². The Hall–Kier alpha value is -1.88. The van der Waals surface area contributed by atoms with Crippen molar-refractivity contribution in [2.75, 3.05) is 18.4 Å². The second kappa shape index (κ2) is 9.13. The molecule has 2 N–H and O–H groups in total. The summed E-state index contributed by atoms with van der Waals surface area (Å²) in [5.41, 5.74) is 1.89. The molecule has 0 unspecified atom stereocenters. The van der Waals surface area contributed by atoms with Crippen LogP contribution in [0.4, 0.5) is 5.69 Å². The molecule has 0 radical (unpaired) electrons. The molecule has 1 amide bonds. The summed E-state index contributed by atoms with van der Waals surface area (Å²) in [6, 6.07) is 7.73. The van der Waals surface area contributed by atoms with Gasteiger partial charge in [-0.2, -0.15) is 0 Å². The number of carboxylic acid groups (broad SMARTS) is 1. The summed E-state index contributed by atoms with van der Waals surface area (Å²) in [7, 11) is 0. The van der Waals surface area contributed by atoms with Crippen molar-refractivity contribution in [3.63, 3.8) is 0 Å². The molecular formula is C16H24N2O3. The first-order chi connectivity index (χ1) is 10.1. The van der Waals surface area contributed by atoms with E-state index in [1.807, 2.05) is 24.3 Å². The first kappa shape index (κ1) is 17.2. The molecule has 116 valence electrons. The number of amides is 1. The smallest absolute Gasteiger partial charge is 0.303 e. The number of rotatable bonds is 9. The van der Waals surface area contributed by atoms with Gasteiger partial charge >= 0.3 is 5.97 Å². The quantitative estimate of drug-likeness (QED) is 0.734. The van der Waals surface area contributed by atoms with Crippen molar-refractivity contribution >= 4 is 17.6 Å². The van der Waals surface area contributed by atoms with E-state index in [-0.39, 0.29) is 18.7 Å². The minimum Gasteiger partial charge on any atom is -0.481 e. The summed E-state index contributed by atoms with van der Waals surface area (Å²) in [6.07, 6.45) is 0.611. The molecule has 0 saturated carbocycles. The average molecular weight is 292 g/mol. The van der Waals surface area contributed by atoms with E-state index in [0.29, 0.717) is 6.42 Å². The predicted octanol–water partition coefficient (Wildman–Crippen LogP) is 2.72. The summed E-state index contributed by atoms with van der Waals surface area (Å²) >= 11 is 0. The first-order valence-corrected chi connectivity index (χ1v) is 7.38. The number of aliphatic carboxylic acids is 1. The van der Waals surface area contributed by atoms with Gasteiger partial charge < -0.3 is 10.4 Å². The third-order valence-electron chi connectivity index (χ3n) is 3.37. The average Bonchev–Trinajstić information content (AvgIpc) is 2.46. The fourth-order valence-corrected chi connectivity index (χ4v) is 2.08. The largest absolute Gasteiger partial charge is 0.481 e. The van der Waals surface area contributed by atoms with Crippen molar-refractivity contribution in [3.05, 3.63) is 29.8 Å². The molecule has 0 spiro atoms. The van der Waals surface area contributed by atoms with Crippen LogP contribution in [0.3, 0.4) is 0 Å². The van der Waals surface area contributed by atoms with Crippen LogP contribution < -0.4 is 5.32 Å². The molecule has 5 heteroatoms. The highest BCUT2D eigenvalue weighted by atomic mass is 16.4. The number of hydrogen-bond acceptors (Lipinski definition) is 3. The summed E-state index contributed by atoms with van der Waals surface area (Å²) < 4.78 is 0. The van der Waals surface area contributed by atoms with E-state index in [4.69, 9.17) is 5.11 Å². The lowest BCUT2D eigenvalue weighted by molar-refractivity contribution is -0.137. The summed E-state index contributed by atoms with van der Waals surface area (Å²) in [5.74, 6) is -1.01. The lowest BCUT2D eigenvalue weighted by Crippen LogP contribution is -2.23. The molecule has 0 bridgehead atoms. The zero-order valence-corrected chi connectivity index (χ0v) is 12.8. The van der Waals surface area contributed by atoms with E-state index in [2.05, 4.69) is 24.1 Å². The van der Waals surface area contributed by atoms with Crippen LogP contribution in [0.2, 0.25) is 0 Å². The van der Waals surface area contributed by atoms with Crippen LogP contribution in [0.15, 0.2) is 24.3 Å². The zero-order valence-electron chi connectivity index (χ0n) is 12.8. The molecule has 1 aromatic carbocycles. The standard InChI is InChI=1S/C16H24N2O3/c1-3-18(4-2)12-13-8-5-6-9-14(13)17-15(19)10-7-11-16(20)21/h5-6,8-9H,3-4,7,10-12H2,1-2H3,(H,17,19)(H,20,21). The molecule has 0 fully saturated rings. The maximum Gasteiger partial charge on any atom is 0.303 e. The molecule has 0 aromatic heterocycles. The topological polar surface area (TPSA) is 69.6 Å². The van der Waals surface area contributed by atoms with Gasteiger partial charge in [0, 0.05) is 25.1 Å². The molecule has 0 heterocycles. The highest BCUT2D eigenvalue weighted by Crippen LogP contribution is 2.17. The van der Waals surface area contributed by atoms with Gasteiger partial charge in [-0.15, -0.1) is 0 Å². The molecule has 21 heavy (non-hydrogen) atoms. The molecule has 0 aliphatic heterocycles. The van der Waals surface area contributed by atoms with E-state index in [9.17, 15) is 9.59 Å². The molecule has 0 atom stereocenters. The second-order valence-electron chi connectivity index (χ2n) is 4.91. The van der Waals surface area contributed by atoms with Gasteiger partial charge in [0.1, 0.15) is 0 Å². The Labute approximate surface area is 126 Å². The van der Waals surface area contributed by atoms with Crippen LogP contribution in [0.5, 0.6) is 0 Å². The Kier molecular flexibility index (Phi) is 7.46. The Balaban J connectivity index is 2.61. The Morgan fingerprint density at radius 1 is 1.14 bits per heavy atom. The van der Waals surface area contributed by atoms with E-state index in [0.717, 1.165) is 30.9 Å².